The third-order valence-corrected chi connectivity index (χ3v) is 4.30. The summed E-state index contributed by atoms with van der Waals surface area (Å²) in [7, 11) is 0. The molecule has 0 spiro atoms. The molecule has 0 saturated heterocycles. The van der Waals surface area contributed by atoms with E-state index in [1.807, 2.05) is 4.68 Å². The molecule has 0 aliphatic carbocycles. The van der Waals surface area contributed by atoms with Gasteiger partial charge in [0.25, 0.3) is 0 Å². The average Bonchev–Trinajstić information content (AvgIpc) is 3.18. The molecule has 0 fully saturated rings. The zero-order valence-corrected chi connectivity index (χ0v) is 13.0. The first-order valence-corrected chi connectivity index (χ1v) is 8.31. The van der Waals surface area contributed by atoms with Gasteiger partial charge in [-0.25, -0.2) is 0 Å². The van der Waals surface area contributed by atoms with E-state index in [0.717, 1.165) is 36.1 Å². The topological polar surface area (TPSA) is 101 Å². The van der Waals surface area contributed by atoms with Crippen molar-refractivity contribution in [2.75, 3.05) is 18.8 Å². The molecule has 0 saturated carbocycles. The molecule has 9 heteroatoms. The van der Waals surface area contributed by atoms with Crippen LogP contribution >= 0.6 is 11.8 Å². The summed E-state index contributed by atoms with van der Waals surface area (Å²) in [4.78, 5) is 11.8. The third-order valence-electron chi connectivity index (χ3n) is 3.40. The van der Waals surface area contributed by atoms with Gasteiger partial charge < -0.3 is 10.6 Å². The van der Waals surface area contributed by atoms with Crippen molar-refractivity contribution in [2.45, 2.75) is 31.0 Å². The number of thioether (sulfide) groups is 1. The van der Waals surface area contributed by atoms with Crippen molar-refractivity contribution < 1.29 is 4.79 Å². The van der Waals surface area contributed by atoms with Crippen LogP contribution in [0.3, 0.4) is 0 Å². The van der Waals surface area contributed by atoms with Gasteiger partial charge >= 0.3 is 0 Å². The minimum atomic E-state index is 0.0600. The number of H-pyrrole nitrogens is 1. The molecule has 3 rings (SSSR count). The number of aryl methyl sites for hydroxylation is 1. The summed E-state index contributed by atoms with van der Waals surface area (Å²) in [5.41, 5.74) is 2.19. The van der Waals surface area contributed by atoms with Crippen molar-refractivity contribution in [1.82, 2.24) is 35.8 Å². The first-order valence-electron chi connectivity index (χ1n) is 7.33. The summed E-state index contributed by atoms with van der Waals surface area (Å²) in [6.07, 6.45) is 2.82. The van der Waals surface area contributed by atoms with Crippen LogP contribution in [-0.2, 0) is 24.3 Å². The van der Waals surface area contributed by atoms with Gasteiger partial charge in [0, 0.05) is 38.2 Å². The highest BCUT2D eigenvalue weighted by Gasteiger charge is 2.12. The maximum atomic E-state index is 11.8. The summed E-state index contributed by atoms with van der Waals surface area (Å²) >= 11 is 1.56. The van der Waals surface area contributed by atoms with Crippen LogP contribution in [-0.4, -0.2) is 49.9 Å². The lowest BCUT2D eigenvalue weighted by Gasteiger charge is -2.13. The number of carbonyl (C=O) groups is 1. The summed E-state index contributed by atoms with van der Waals surface area (Å²) < 4.78 is 2.03. The van der Waals surface area contributed by atoms with Crippen LogP contribution in [0.1, 0.15) is 17.8 Å². The molecule has 3 N–H and O–H groups in total. The predicted octanol–water partition coefficient (Wildman–Crippen LogP) is -0.0545. The minimum Gasteiger partial charge on any atom is -0.355 e. The number of nitrogens with one attached hydrogen (secondary N) is 3. The molecule has 22 heavy (non-hydrogen) atoms. The fourth-order valence-electron chi connectivity index (χ4n) is 2.31. The molecule has 0 bridgehead atoms. The van der Waals surface area contributed by atoms with Gasteiger partial charge in [-0.1, -0.05) is 0 Å². The highest BCUT2D eigenvalue weighted by atomic mass is 32.2. The first-order chi connectivity index (χ1) is 10.8. The number of fused-ring (bicyclic) bond motifs is 1. The number of hydrogen-bond donors (Lipinski definition) is 3. The molecular weight excluding hydrogens is 302 g/mol. The molecule has 0 atom stereocenters. The van der Waals surface area contributed by atoms with Crippen molar-refractivity contribution in [1.29, 1.82) is 0 Å². The standard InChI is InChI=1S/C13H19N7OS/c21-12(15-4-6-22-13-9-16-19-17-13)2-1-10-7-11-8-14-3-5-20(11)18-10/h7,9,14H,1-6,8H2,(H,15,21)(H,16,17,19). The van der Waals surface area contributed by atoms with Gasteiger partial charge in [-0.15, -0.1) is 16.9 Å². The average molecular weight is 321 g/mol. The Hall–Kier alpha value is -1.87. The Morgan fingerprint density at radius 1 is 1.50 bits per heavy atom. The van der Waals surface area contributed by atoms with Crippen LogP contribution in [0.25, 0.3) is 0 Å². The fourth-order valence-corrected chi connectivity index (χ4v) is 2.96. The Balaban J connectivity index is 1.34. The second kappa shape index (κ2) is 7.41. The van der Waals surface area contributed by atoms with Gasteiger partial charge in [0.1, 0.15) is 5.03 Å². The SMILES string of the molecule is O=C(CCc1cc2n(n1)CCNC2)NCCSc1cn[nH]n1. The normalized spacial score (nSPS) is 13.8. The summed E-state index contributed by atoms with van der Waals surface area (Å²) in [6, 6.07) is 2.08. The molecule has 3 heterocycles. The summed E-state index contributed by atoms with van der Waals surface area (Å²) in [5, 5.41) is 21.8. The molecule has 8 nitrogen and oxygen atoms in total. The van der Waals surface area contributed by atoms with Gasteiger partial charge in [0.15, 0.2) is 0 Å². The molecule has 1 aliphatic heterocycles. The Morgan fingerprint density at radius 3 is 3.27 bits per heavy atom. The Morgan fingerprint density at radius 2 is 2.45 bits per heavy atom. The number of carbonyl (C=O) groups excluding carboxylic acids is 1. The van der Waals surface area contributed by atoms with E-state index < -0.39 is 0 Å². The molecule has 2 aromatic rings. The van der Waals surface area contributed by atoms with Crippen LogP contribution < -0.4 is 10.6 Å². The van der Waals surface area contributed by atoms with Crippen molar-refractivity contribution in [2.24, 2.45) is 0 Å². The lowest BCUT2D eigenvalue weighted by molar-refractivity contribution is -0.120. The van der Waals surface area contributed by atoms with Crippen LogP contribution in [0.2, 0.25) is 0 Å². The van der Waals surface area contributed by atoms with E-state index in [2.05, 4.69) is 37.2 Å². The lowest BCUT2D eigenvalue weighted by atomic mass is 10.2. The summed E-state index contributed by atoms with van der Waals surface area (Å²) in [6.45, 7) is 3.34. The Kier molecular flexibility index (Phi) is 5.07. The zero-order valence-electron chi connectivity index (χ0n) is 12.2. The molecule has 2 aromatic heterocycles. The number of aromatic nitrogens is 5. The zero-order chi connectivity index (χ0) is 15.2. The maximum Gasteiger partial charge on any atom is 0.220 e. The molecule has 118 valence electrons. The lowest BCUT2D eigenvalue weighted by Crippen LogP contribution is -2.28. The number of hydrogen-bond acceptors (Lipinski definition) is 6. The van der Waals surface area contributed by atoms with E-state index in [9.17, 15) is 4.79 Å². The van der Waals surface area contributed by atoms with Gasteiger partial charge in [-0.3, -0.25) is 9.48 Å². The molecule has 0 radical (unpaired) electrons. The third kappa shape index (κ3) is 4.08. The van der Waals surface area contributed by atoms with Crippen LogP contribution in [0.15, 0.2) is 17.3 Å². The van der Waals surface area contributed by atoms with Gasteiger partial charge in [0.05, 0.1) is 24.1 Å². The van der Waals surface area contributed by atoms with E-state index >= 15 is 0 Å². The highest BCUT2D eigenvalue weighted by molar-refractivity contribution is 7.99. The fraction of sp³-hybridized carbons (Fsp3) is 0.538. The smallest absolute Gasteiger partial charge is 0.220 e. The largest absolute Gasteiger partial charge is 0.355 e. The van der Waals surface area contributed by atoms with E-state index in [0.29, 0.717) is 19.4 Å². The quantitative estimate of drug-likeness (QED) is 0.488. The van der Waals surface area contributed by atoms with Crippen molar-refractivity contribution in [3.63, 3.8) is 0 Å². The first kappa shape index (κ1) is 15.0. The maximum absolute atomic E-state index is 11.8. The van der Waals surface area contributed by atoms with Crippen molar-refractivity contribution in [3.8, 4) is 0 Å². The number of rotatable bonds is 7. The number of nitrogens with zero attached hydrogens (tertiary/aromatic N) is 4. The molecular formula is C13H19N7OS. The molecule has 1 amide bonds. The minimum absolute atomic E-state index is 0.0600. The van der Waals surface area contributed by atoms with Crippen LogP contribution in [0.4, 0.5) is 0 Å². The van der Waals surface area contributed by atoms with Gasteiger partial charge in [0.2, 0.25) is 5.91 Å². The highest BCUT2D eigenvalue weighted by Crippen LogP contribution is 2.11. The van der Waals surface area contributed by atoms with Gasteiger partial charge in [-0.2, -0.15) is 15.4 Å². The van der Waals surface area contributed by atoms with Crippen molar-refractivity contribution in [3.05, 3.63) is 23.7 Å². The second-order valence-electron chi connectivity index (χ2n) is 5.03. The van der Waals surface area contributed by atoms with Crippen molar-refractivity contribution >= 4 is 17.7 Å². The molecule has 0 unspecified atom stereocenters. The van der Waals surface area contributed by atoms with E-state index in [-0.39, 0.29) is 5.91 Å². The summed E-state index contributed by atoms with van der Waals surface area (Å²) in [5.74, 6) is 0.841. The Bertz CT molecular complexity index is 586. The van der Waals surface area contributed by atoms with E-state index in [1.165, 1.54) is 5.69 Å². The molecule has 1 aliphatic rings. The Labute approximate surface area is 132 Å². The van der Waals surface area contributed by atoms with Crippen LogP contribution in [0, 0.1) is 0 Å². The predicted molar refractivity (Wildman–Crippen MR) is 82.4 cm³/mol. The van der Waals surface area contributed by atoms with Gasteiger partial charge in [-0.05, 0) is 6.07 Å². The monoisotopic (exact) mass is 321 g/mol. The van der Waals surface area contributed by atoms with E-state index in [1.54, 1.807) is 18.0 Å². The molecule has 0 aromatic carbocycles. The second-order valence-corrected chi connectivity index (χ2v) is 6.15. The van der Waals surface area contributed by atoms with E-state index in [4.69, 9.17) is 0 Å². The number of aromatic amines is 1. The number of amides is 1. The van der Waals surface area contributed by atoms with Crippen LogP contribution in [0.5, 0.6) is 0 Å².